The summed E-state index contributed by atoms with van der Waals surface area (Å²) in [5, 5.41) is 3.31. The Hall–Kier alpha value is -1.11. The van der Waals surface area contributed by atoms with Gasteiger partial charge in [-0.15, -0.1) is 0 Å². The van der Waals surface area contributed by atoms with E-state index in [-0.39, 0.29) is 0 Å². The second kappa shape index (κ2) is 5.69. The highest BCUT2D eigenvalue weighted by Gasteiger charge is 2.10. The summed E-state index contributed by atoms with van der Waals surface area (Å²) < 4.78 is 24.8. The van der Waals surface area contributed by atoms with Crippen molar-refractivity contribution in [3.8, 4) is 0 Å². The summed E-state index contributed by atoms with van der Waals surface area (Å²) in [4.78, 5) is 2.36. The zero-order valence-corrected chi connectivity index (χ0v) is 11.3. The summed E-state index contributed by atoms with van der Waals surface area (Å²) >= 11 is 0. The molecular weight excluding hydrogens is 250 g/mol. The topological polar surface area (TPSA) is 61.4 Å². The number of benzene rings is 1. The van der Waals surface area contributed by atoms with Crippen LogP contribution in [0.2, 0.25) is 0 Å². The summed E-state index contributed by atoms with van der Waals surface area (Å²) in [7, 11) is -3.20. The SMILES string of the molecule is CS(=O)(=O)Nc1cccc(CN2CCNCC2)c1. The van der Waals surface area contributed by atoms with Crippen LogP contribution in [0.15, 0.2) is 24.3 Å². The number of sulfonamides is 1. The van der Waals surface area contributed by atoms with Gasteiger partial charge in [-0.1, -0.05) is 12.1 Å². The molecule has 0 atom stereocenters. The molecule has 100 valence electrons. The van der Waals surface area contributed by atoms with Gasteiger partial charge < -0.3 is 5.32 Å². The second-order valence-electron chi connectivity index (χ2n) is 4.60. The summed E-state index contributed by atoms with van der Waals surface area (Å²) in [5.74, 6) is 0. The molecular formula is C12H19N3O2S. The van der Waals surface area contributed by atoms with Crippen molar-refractivity contribution in [3.63, 3.8) is 0 Å². The van der Waals surface area contributed by atoms with Crippen molar-refractivity contribution in [1.82, 2.24) is 10.2 Å². The van der Waals surface area contributed by atoms with Gasteiger partial charge in [-0.3, -0.25) is 9.62 Å². The maximum atomic E-state index is 11.2. The van der Waals surface area contributed by atoms with Crippen molar-refractivity contribution in [1.29, 1.82) is 0 Å². The van der Waals surface area contributed by atoms with Crippen LogP contribution in [0.1, 0.15) is 5.56 Å². The van der Waals surface area contributed by atoms with Gasteiger partial charge in [0, 0.05) is 38.4 Å². The predicted molar refractivity (Wildman–Crippen MR) is 73.1 cm³/mol. The lowest BCUT2D eigenvalue weighted by Crippen LogP contribution is -2.42. The van der Waals surface area contributed by atoms with Gasteiger partial charge >= 0.3 is 0 Å². The van der Waals surface area contributed by atoms with E-state index in [0.717, 1.165) is 44.5 Å². The Morgan fingerprint density at radius 2 is 2.06 bits per heavy atom. The number of hydrogen-bond acceptors (Lipinski definition) is 4. The molecule has 1 aliphatic heterocycles. The Balaban J connectivity index is 2.02. The number of hydrogen-bond donors (Lipinski definition) is 2. The lowest BCUT2D eigenvalue weighted by Gasteiger charge is -2.27. The normalized spacial score (nSPS) is 17.6. The zero-order valence-electron chi connectivity index (χ0n) is 10.5. The lowest BCUT2D eigenvalue weighted by molar-refractivity contribution is 0.233. The number of piperazine rings is 1. The molecule has 1 aromatic rings. The predicted octanol–water partition coefficient (Wildman–Crippen LogP) is 0.463. The molecule has 1 fully saturated rings. The van der Waals surface area contributed by atoms with Crippen molar-refractivity contribution < 1.29 is 8.42 Å². The van der Waals surface area contributed by atoms with Gasteiger partial charge in [0.25, 0.3) is 0 Å². The first kappa shape index (κ1) is 13.3. The number of nitrogens with zero attached hydrogens (tertiary/aromatic N) is 1. The van der Waals surface area contributed by atoms with Crippen molar-refractivity contribution in [2.45, 2.75) is 6.54 Å². The van der Waals surface area contributed by atoms with Gasteiger partial charge in [0.2, 0.25) is 10.0 Å². The standard InChI is InChI=1S/C12H19N3O2S/c1-18(16,17)14-12-4-2-3-11(9-12)10-15-7-5-13-6-8-15/h2-4,9,13-14H,5-8,10H2,1H3. The molecule has 0 unspecified atom stereocenters. The molecule has 0 amide bonds. The first-order valence-electron chi connectivity index (χ1n) is 6.03. The summed E-state index contributed by atoms with van der Waals surface area (Å²) in [6.07, 6.45) is 1.16. The molecule has 1 saturated heterocycles. The molecule has 0 aliphatic carbocycles. The summed E-state index contributed by atoms with van der Waals surface area (Å²) in [6, 6.07) is 7.56. The molecule has 1 aliphatic rings. The van der Waals surface area contributed by atoms with Crippen molar-refractivity contribution in [2.75, 3.05) is 37.2 Å². The lowest BCUT2D eigenvalue weighted by atomic mass is 10.2. The van der Waals surface area contributed by atoms with Crippen LogP contribution in [0, 0.1) is 0 Å². The molecule has 0 saturated carbocycles. The van der Waals surface area contributed by atoms with E-state index in [4.69, 9.17) is 0 Å². The van der Waals surface area contributed by atoms with E-state index in [2.05, 4.69) is 14.9 Å². The molecule has 6 heteroatoms. The Bertz CT molecular complexity index is 496. The molecule has 5 nitrogen and oxygen atoms in total. The molecule has 2 N–H and O–H groups in total. The Labute approximate surface area is 108 Å². The highest BCUT2D eigenvalue weighted by atomic mass is 32.2. The van der Waals surface area contributed by atoms with Crippen molar-refractivity contribution in [3.05, 3.63) is 29.8 Å². The van der Waals surface area contributed by atoms with E-state index in [0.29, 0.717) is 5.69 Å². The summed E-state index contributed by atoms with van der Waals surface area (Å²) in [6.45, 7) is 4.96. The maximum absolute atomic E-state index is 11.2. The fourth-order valence-corrected chi connectivity index (χ4v) is 2.63. The number of nitrogens with one attached hydrogen (secondary N) is 2. The molecule has 1 heterocycles. The zero-order chi connectivity index (χ0) is 13.0. The van der Waals surface area contributed by atoms with E-state index in [9.17, 15) is 8.42 Å². The van der Waals surface area contributed by atoms with E-state index in [1.54, 1.807) is 6.07 Å². The van der Waals surface area contributed by atoms with Gasteiger partial charge in [0.1, 0.15) is 0 Å². The number of rotatable bonds is 4. The third-order valence-corrected chi connectivity index (χ3v) is 3.45. The largest absolute Gasteiger partial charge is 0.314 e. The number of anilines is 1. The molecule has 0 bridgehead atoms. The van der Waals surface area contributed by atoms with Crippen LogP contribution >= 0.6 is 0 Å². The van der Waals surface area contributed by atoms with Gasteiger partial charge in [0.05, 0.1) is 6.26 Å². The van der Waals surface area contributed by atoms with Crippen molar-refractivity contribution >= 4 is 15.7 Å². The molecule has 0 radical (unpaired) electrons. The van der Waals surface area contributed by atoms with Gasteiger partial charge in [-0.25, -0.2) is 8.42 Å². The van der Waals surface area contributed by atoms with Crippen LogP contribution in [0.25, 0.3) is 0 Å². The molecule has 1 aromatic carbocycles. The van der Waals surface area contributed by atoms with Crippen LogP contribution in [0.3, 0.4) is 0 Å². The van der Waals surface area contributed by atoms with Crippen LogP contribution in [0.4, 0.5) is 5.69 Å². The fraction of sp³-hybridized carbons (Fsp3) is 0.500. The highest BCUT2D eigenvalue weighted by molar-refractivity contribution is 7.92. The fourth-order valence-electron chi connectivity index (χ4n) is 2.07. The minimum atomic E-state index is -3.20. The first-order valence-corrected chi connectivity index (χ1v) is 7.92. The van der Waals surface area contributed by atoms with Gasteiger partial charge in [-0.05, 0) is 17.7 Å². The van der Waals surface area contributed by atoms with Crippen LogP contribution in [-0.2, 0) is 16.6 Å². The Morgan fingerprint density at radius 1 is 1.33 bits per heavy atom. The summed E-state index contributed by atoms with van der Waals surface area (Å²) in [5.41, 5.74) is 1.76. The maximum Gasteiger partial charge on any atom is 0.229 e. The van der Waals surface area contributed by atoms with E-state index < -0.39 is 10.0 Å². The molecule has 0 spiro atoms. The monoisotopic (exact) mass is 269 g/mol. The average molecular weight is 269 g/mol. The third-order valence-electron chi connectivity index (χ3n) is 2.85. The van der Waals surface area contributed by atoms with E-state index >= 15 is 0 Å². The highest BCUT2D eigenvalue weighted by Crippen LogP contribution is 2.14. The van der Waals surface area contributed by atoms with Gasteiger partial charge in [0.15, 0.2) is 0 Å². The molecule has 0 aromatic heterocycles. The van der Waals surface area contributed by atoms with Crippen LogP contribution in [-0.4, -0.2) is 45.8 Å². The van der Waals surface area contributed by atoms with Gasteiger partial charge in [-0.2, -0.15) is 0 Å². The smallest absolute Gasteiger partial charge is 0.229 e. The van der Waals surface area contributed by atoms with Crippen LogP contribution in [0.5, 0.6) is 0 Å². The first-order chi connectivity index (χ1) is 8.53. The Kier molecular flexibility index (Phi) is 4.21. The second-order valence-corrected chi connectivity index (χ2v) is 6.35. The van der Waals surface area contributed by atoms with Crippen molar-refractivity contribution in [2.24, 2.45) is 0 Å². The average Bonchev–Trinajstić information content (AvgIpc) is 2.28. The molecule has 2 rings (SSSR count). The van der Waals surface area contributed by atoms with E-state index in [1.165, 1.54) is 0 Å². The molecule has 18 heavy (non-hydrogen) atoms. The van der Waals surface area contributed by atoms with E-state index in [1.807, 2.05) is 18.2 Å². The third kappa shape index (κ3) is 4.29. The quantitative estimate of drug-likeness (QED) is 0.834. The van der Waals surface area contributed by atoms with Crippen LogP contribution < -0.4 is 10.0 Å². The minimum absolute atomic E-state index is 0.630. The Morgan fingerprint density at radius 3 is 2.72 bits per heavy atom. The minimum Gasteiger partial charge on any atom is -0.314 e.